The zero-order valence-corrected chi connectivity index (χ0v) is 17.8. The first-order chi connectivity index (χ1) is 15.3. The average molecular weight is 428 g/mol. The van der Waals surface area contributed by atoms with Crippen LogP contribution in [0, 0.1) is 11.8 Å². The van der Waals surface area contributed by atoms with Crippen molar-refractivity contribution >= 4 is 46.7 Å². The highest BCUT2D eigenvalue weighted by Gasteiger charge is 2.24. The molecule has 0 saturated carbocycles. The Hall–Kier alpha value is -4.68. The molecule has 0 radical (unpaired) electrons. The van der Waals surface area contributed by atoms with Crippen molar-refractivity contribution in [2.24, 2.45) is 4.99 Å². The van der Waals surface area contributed by atoms with E-state index in [1.165, 1.54) is 13.1 Å². The van der Waals surface area contributed by atoms with Gasteiger partial charge >= 0.3 is 11.7 Å². The summed E-state index contributed by atoms with van der Waals surface area (Å²) in [5.74, 6) is 6.28. The number of pyridine rings is 1. The van der Waals surface area contributed by atoms with Crippen molar-refractivity contribution in [3.05, 3.63) is 41.6 Å². The van der Waals surface area contributed by atoms with E-state index < -0.39 is 5.91 Å². The van der Waals surface area contributed by atoms with Crippen LogP contribution in [0.4, 0.5) is 11.6 Å². The van der Waals surface area contributed by atoms with Gasteiger partial charge in [0.05, 0.1) is 18.8 Å². The predicted molar refractivity (Wildman–Crippen MR) is 120 cm³/mol. The number of nitrogens with zero attached hydrogens (tertiary/aromatic N) is 8. The zero-order valence-electron chi connectivity index (χ0n) is 17.8. The first kappa shape index (κ1) is 20.6. The van der Waals surface area contributed by atoms with Crippen LogP contribution in [0.3, 0.4) is 0 Å². The van der Waals surface area contributed by atoms with Crippen molar-refractivity contribution in [1.82, 2.24) is 29.2 Å². The molecule has 1 aliphatic heterocycles. The molecule has 1 N–H and O–H groups in total. The van der Waals surface area contributed by atoms with E-state index >= 15 is 0 Å². The van der Waals surface area contributed by atoms with Gasteiger partial charge in [-0.25, -0.2) is 14.6 Å². The molecule has 0 aromatic carbocycles. The summed E-state index contributed by atoms with van der Waals surface area (Å²) in [6.07, 6.45) is 4.58. The summed E-state index contributed by atoms with van der Waals surface area (Å²) in [4.78, 5) is 38.4. The lowest BCUT2D eigenvalue weighted by atomic mass is 10.2. The Balaban J connectivity index is 1.68. The Morgan fingerprint density at radius 1 is 1.19 bits per heavy atom. The van der Waals surface area contributed by atoms with Gasteiger partial charge in [-0.05, 0) is 35.9 Å². The molecular formula is C21H18N9O2+. The molecule has 11 heteroatoms. The Labute approximate surface area is 182 Å². The van der Waals surface area contributed by atoms with Gasteiger partial charge in [0, 0.05) is 25.9 Å². The smallest absolute Gasteiger partial charge is 0.374 e. The molecule has 3 aromatic heterocycles. The molecule has 11 nitrogen and oxygen atoms in total. The maximum atomic E-state index is 12.3. The van der Waals surface area contributed by atoms with Gasteiger partial charge in [-0.1, -0.05) is 0 Å². The predicted octanol–water partition coefficient (Wildman–Crippen LogP) is 0.137. The third-order valence-electron chi connectivity index (χ3n) is 4.47. The van der Waals surface area contributed by atoms with Gasteiger partial charge in [-0.2, -0.15) is 0 Å². The van der Waals surface area contributed by atoms with Crippen LogP contribution >= 0.6 is 0 Å². The van der Waals surface area contributed by atoms with Gasteiger partial charge in [0.15, 0.2) is 11.4 Å². The number of aromatic nitrogens is 5. The molecule has 0 fully saturated rings. The molecular weight excluding hydrogens is 410 g/mol. The van der Waals surface area contributed by atoms with Gasteiger partial charge in [-0.15, -0.1) is 10.2 Å². The monoisotopic (exact) mass is 428 g/mol. The normalized spacial score (nSPS) is 12.1. The van der Waals surface area contributed by atoms with E-state index in [0.717, 1.165) is 0 Å². The van der Waals surface area contributed by atoms with E-state index in [0.29, 0.717) is 34.3 Å². The number of hydrogen-bond donors (Lipinski definition) is 1. The van der Waals surface area contributed by atoms with E-state index in [1.807, 2.05) is 14.1 Å². The number of Topliss-reactive ketones (excluding diaryl/α,β-unsaturated/α-hetero) is 1. The number of anilines is 2. The number of carbonyl (C=O) groups excluding carboxylic acids is 2. The standard InChI is InChI=1S/C21H17N9O2/c1-12(31)14-5-7-18-27-28-19(30(18)11-14)8-6-15-17(29(3)4)10-23-21(25-15)26-20(32)16-9-22-13(2)24-16/h5,7,9-11H,1-4H3/p+1. The maximum Gasteiger partial charge on any atom is 0.387 e. The highest BCUT2D eigenvalue weighted by atomic mass is 16.2. The second-order valence-corrected chi connectivity index (χ2v) is 7.05. The number of rotatable bonds is 4. The van der Waals surface area contributed by atoms with Gasteiger partial charge < -0.3 is 4.90 Å². The van der Waals surface area contributed by atoms with E-state index in [2.05, 4.69) is 47.0 Å². The molecule has 0 aliphatic carbocycles. The average Bonchev–Trinajstić information content (AvgIpc) is 3.37. The maximum absolute atomic E-state index is 12.3. The Morgan fingerprint density at radius 3 is 2.69 bits per heavy atom. The van der Waals surface area contributed by atoms with Gasteiger partial charge in [-0.3, -0.25) is 19.3 Å². The number of fused-ring (bicyclic) bond motifs is 1. The third kappa shape index (κ3) is 4.12. The first-order valence-corrected chi connectivity index (χ1v) is 9.51. The lowest BCUT2D eigenvalue weighted by Gasteiger charge is -2.13. The van der Waals surface area contributed by atoms with Crippen molar-refractivity contribution in [2.45, 2.75) is 13.8 Å². The second kappa shape index (κ2) is 8.22. The summed E-state index contributed by atoms with van der Waals surface area (Å²) in [6.45, 7) is 3.18. The highest BCUT2D eigenvalue weighted by molar-refractivity contribution is 6.64. The fourth-order valence-electron chi connectivity index (χ4n) is 2.82. The molecule has 158 valence electrons. The molecule has 1 amide bonds. The van der Waals surface area contributed by atoms with Crippen molar-refractivity contribution in [2.75, 3.05) is 24.3 Å². The van der Waals surface area contributed by atoms with Crippen molar-refractivity contribution in [3.63, 3.8) is 0 Å². The summed E-state index contributed by atoms with van der Waals surface area (Å²) in [7, 11) is 3.66. The zero-order chi connectivity index (χ0) is 22.8. The minimum absolute atomic E-state index is 0.0738. The lowest BCUT2D eigenvalue weighted by molar-refractivity contribution is -0.110. The van der Waals surface area contributed by atoms with E-state index in [4.69, 9.17) is 0 Å². The summed E-state index contributed by atoms with van der Waals surface area (Å²) in [6, 6.07) is 3.39. The number of nitrogens with one attached hydrogen (secondary N) is 1. The number of ketones is 1. The van der Waals surface area contributed by atoms with Crippen LogP contribution < -0.4 is 14.9 Å². The number of carbonyl (C=O) groups is 2. The summed E-state index contributed by atoms with van der Waals surface area (Å²) in [5.41, 5.74) is 2.29. The number of aliphatic imine (C=N–C) groups is 1. The second-order valence-electron chi connectivity index (χ2n) is 7.05. The SMILES string of the molecule is CC(=O)c1ccc2nnc(C#Cc3nc(NC(=O)C4=NC(C)=[N+]=C4)ncc3N(C)C)n2c1. The van der Waals surface area contributed by atoms with E-state index in [9.17, 15) is 9.59 Å². The fraction of sp³-hybridized carbons (Fsp3) is 0.190. The van der Waals surface area contributed by atoms with E-state index in [1.54, 1.807) is 40.8 Å². The van der Waals surface area contributed by atoms with Crippen LogP contribution in [-0.4, -0.2) is 68.1 Å². The van der Waals surface area contributed by atoms with Crippen LogP contribution in [0.1, 0.15) is 35.7 Å². The molecule has 4 heterocycles. The Morgan fingerprint density at radius 2 is 2.00 bits per heavy atom. The molecule has 3 aromatic rings. The summed E-state index contributed by atoms with van der Waals surface area (Å²) < 4.78 is 5.59. The third-order valence-corrected chi connectivity index (χ3v) is 4.47. The Bertz CT molecular complexity index is 1430. The highest BCUT2D eigenvalue weighted by Crippen LogP contribution is 2.16. The van der Waals surface area contributed by atoms with Crippen LogP contribution in [0.25, 0.3) is 5.65 Å². The number of amidine groups is 1. The fourth-order valence-corrected chi connectivity index (χ4v) is 2.82. The topological polar surface area (TPSA) is 132 Å². The molecule has 0 spiro atoms. The number of amides is 1. The van der Waals surface area contributed by atoms with Gasteiger partial charge in [0.25, 0.3) is 5.71 Å². The molecule has 1 aliphatic rings. The van der Waals surface area contributed by atoms with Gasteiger partial charge in [0.2, 0.25) is 18.0 Å². The molecule has 0 unspecified atom stereocenters. The Kier molecular flexibility index (Phi) is 5.29. The minimum Gasteiger partial charge on any atom is -0.374 e. The molecule has 32 heavy (non-hydrogen) atoms. The molecule has 0 bridgehead atoms. The minimum atomic E-state index is -0.470. The van der Waals surface area contributed by atoms with Crippen LogP contribution in [0.2, 0.25) is 0 Å². The quantitative estimate of drug-likeness (QED) is 0.355. The van der Waals surface area contributed by atoms with Gasteiger partial charge in [0.1, 0.15) is 5.69 Å². The van der Waals surface area contributed by atoms with Crippen molar-refractivity contribution in [3.8, 4) is 11.8 Å². The van der Waals surface area contributed by atoms with Crippen LogP contribution in [0.5, 0.6) is 0 Å². The first-order valence-electron chi connectivity index (χ1n) is 9.51. The molecule has 4 rings (SSSR count). The van der Waals surface area contributed by atoms with Crippen LogP contribution in [0.15, 0.2) is 29.5 Å². The summed E-state index contributed by atoms with van der Waals surface area (Å²) >= 11 is 0. The van der Waals surface area contributed by atoms with Crippen molar-refractivity contribution < 1.29 is 9.59 Å². The molecule has 0 atom stereocenters. The largest absolute Gasteiger partial charge is 0.387 e. The van der Waals surface area contributed by atoms with Crippen LogP contribution in [-0.2, 0) is 4.79 Å². The molecule has 0 saturated heterocycles. The number of hydrogen-bond acceptors (Lipinski definition) is 8. The summed E-state index contributed by atoms with van der Waals surface area (Å²) in [5, 5.41) is 10.8. The van der Waals surface area contributed by atoms with E-state index in [-0.39, 0.29) is 17.4 Å². The lowest BCUT2D eigenvalue weighted by Crippen LogP contribution is -2.25. The van der Waals surface area contributed by atoms with Crippen molar-refractivity contribution in [1.29, 1.82) is 0 Å².